The number of nitrogens with two attached hydrogens (primary N) is 1. The Balaban J connectivity index is 2.02. The van der Waals surface area contributed by atoms with Gasteiger partial charge in [0, 0.05) is 6.61 Å². The zero-order chi connectivity index (χ0) is 14.4. The van der Waals surface area contributed by atoms with Crippen LogP contribution in [0.15, 0.2) is 4.52 Å². The second kappa shape index (κ2) is 7.74. The molecule has 0 radical (unpaired) electrons. The summed E-state index contributed by atoms with van der Waals surface area (Å²) in [5.74, 6) is 1.71. The van der Waals surface area contributed by atoms with E-state index in [1.54, 1.807) is 0 Å². The van der Waals surface area contributed by atoms with Crippen molar-refractivity contribution in [3.05, 3.63) is 11.7 Å². The lowest BCUT2D eigenvalue weighted by Crippen LogP contribution is -2.24. The van der Waals surface area contributed by atoms with Crippen LogP contribution in [-0.4, -0.2) is 16.7 Å². The number of ether oxygens (including phenoxy) is 1. The van der Waals surface area contributed by atoms with Crippen molar-refractivity contribution in [3.63, 3.8) is 0 Å². The lowest BCUT2D eigenvalue weighted by Gasteiger charge is -2.24. The summed E-state index contributed by atoms with van der Waals surface area (Å²) < 4.78 is 11.1. The van der Waals surface area contributed by atoms with Crippen molar-refractivity contribution in [2.75, 3.05) is 6.61 Å². The summed E-state index contributed by atoms with van der Waals surface area (Å²) in [5.41, 5.74) is 6.29. The van der Waals surface area contributed by atoms with E-state index in [2.05, 4.69) is 17.1 Å². The highest BCUT2D eigenvalue weighted by Crippen LogP contribution is 2.32. The van der Waals surface area contributed by atoms with Crippen LogP contribution in [-0.2, 0) is 4.74 Å². The molecule has 0 aliphatic heterocycles. The third kappa shape index (κ3) is 3.79. The molecule has 0 spiro atoms. The van der Waals surface area contributed by atoms with E-state index in [1.807, 2.05) is 6.92 Å². The smallest absolute Gasteiger partial charge is 0.243 e. The van der Waals surface area contributed by atoms with Crippen molar-refractivity contribution < 1.29 is 9.26 Å². The van der Waals surface area contributed by atoms with Gasteiger partial charge in [-0.25, -0.2) is 0 Å². The predicted octanol–water partition coefficient (Wildman–Crippen LogP) is 3.53. The largest absolute Gasteiger partial charge is 0.370 e. The molecule has 1 aromatic heterocycles. The fraction of sp³-hybridized carbons (Fsp3) is 0.867. The van der Waals surface area contributed by atoms with Crippen LogP contribution in [0.1, 0.15) is 82.7 Å². The minimum absolute atomic E-state index is 0.0685. The highest BCUT2D eigenvalue weighted by atomic mass is 16.5. The van der Waals surface area contributed by atoms with E-state index < -0.39 is 0 Å². The minimum atomic E-state index is -0.125. The molecule has 20 heavy (non-hydrogen) atoms. The van der Waals surface area contributed by atoms with Gasteiger partial charge in [0.1, 0.15) is 6.10 Å². The van der Waals surface area contributed by atoms with Crippen molar-refractivity contribution in [1.82, 2.24) is 10.1 Å². The van der Waals surface area contributed by atoms with Crippen LogP contribution >= 0.6 is 0 Å². The molecule has 1 fully saturated rings. The first kappa shape index (κ1) is 15.4. The average Bonchev–Trinajstić information content (AvgIpc) is 2.97. The molecule has 1 aliphatic carbocycles. The van der Waals surface area contributed by atoms with Crippen LogP contribution in [0, 0.1) is 5.92 Å². The maximum atomic E-state index is 6.29. The van der Waals surface area contributed by atoms with Gasteiger partial charge in [0.15, 0.2) is 0 Å². The van der Waals surface area contributed by atoms with Crippen LogP contribution in [0.5, 0.6) is 0 Å². The molecule has 1 saturated carbocycles. The van der Waals surface area contributed by atoms with Crippen molar-refractivity contribution in [3.8, 4) is 0 Å². The van der Waals surface area contributed by atoms with Gasteiger partial charge in [-0.3, -0.25) is 0 Å². The lowest BCUT2D eigenvalue weighted by atomic mass is 9.84. The van der Waals surface area contributed by atoms with E-state index in [0.717, 1.165) is 12.8 Å². The number of nitrogens with zero attached hydrogens (tertiary/aromatic N) is 2. The quantitative estimate of drug-likeness (QED) is 0.827. The summed E-state index contributed by atoms with van der Waals surface area (Å²) in [6.45, 7) is 4.77. The SMILES string of the molecule is CCCC(OCC)c1noc(C(N)C2CCCCC2)n1. The summed E-state index contributed by atoms with van der Waals surface area (Å²) in [4.78, 5) is 4.50. The van der Waals surface area contributed by atoms with Crippen molar-refractivity contribution in [2.45, 2.75) is 70.9 Å². The zero-order valence-electron chi connectivity index (χ0n) is 12.7. The van der Waals surface area contributed by atoms with Gasteiger partial charge in [-0.15, -0.1) is 0 Å². The van der Waals surface area contributed by atoms with Gasteiger partial charge in [0.05, 0.1) is 6.04 Å². The van der Waals surface area contributed by atoms with Gasteiger partial charge >= 0.3 is 0 Å². The Labute approximate surface area is 121 Å². The topological polar surface area (TPSA) is 74.2 Å². The summed E-state index contributed by atoms with van der Waals surface area (Å²) in [6.07, 6.45) is 8.05. The number of rotatable bonds is 7. The lowest BCUT2D eigenvalue weighted by molar-refractivity contribution is 0.0477. The Bertz CT molecular complexity index is 382. The molecule has 1 aliphatic rings. The Morgan fingerprint density at radius 1 is 1.30 bits per heavy atom. The Morgan fingerprint density at radius 3 is 2.70 bits per heavy atom. The fourth-order valence-corrected chi connectivity index (χ4v) is 2.96. The summed E-state index contributed by atoms with van der Waals surface area (Å²) in [5, 5.41) is 4.08. The van der Waals surface area contributed by atoms with Crippen molar-refractivity contribution in [2.24, 2.45) is 11.7 Å². The first-order valence-electron chi connectivity index (χ1n) is 7.96. The van der Waals surface area contributed by atoms with Gasteiger partial charge in [-0.2, -0.15) is 4.98 Å². The molecule has 0 saturated heterocycles. The van der Waals surface area contributed by atoms with E-state index in [0.29, 0.717) is 24.2 Å². The third-order valence-corrected chi connectivity index (χ3v) is 4.11. The van der Waals surface area contributed by atoms with Gasteiger partial charge in [0.2, 0.25) is 11.7 Å². The molecular weight excluding hydrogens is 254 g/mol. The van der Waals surface area contributed by atoms with Crippen LogP contribution in [0.4, 0.5) is 0 Å². The summed E-state index contributed by atoms with van der Waals surface area (Å²) >= 11 is 0. The number of hydrogen-bond donors (Lipinski definition) is 1. The monoisotopic (exact) mass is 281 g/mol. The molecule has 2 atom stereocenters. The zero-order valence-corrected chi connectivity index (χ0v) is 12.7. The summed E-state index contributed by atoms with van der Waals surface area (Å²) in [6, 6.07) is -0.125. The molecule has 0 amide bonds. The highest BCUT2D eigenvalue weighted by molar-refractivity contribution is 4.97. The molecule has 1 aromatic rings. The molecular formula is C15H27N3O2. The second-order valence-electron chi connectivity index (χ2n) is 5.65. The fourth-order valence-electron chi connectivity index (χ4n) is 2.96. The van der Waals surface area contributed by atoms with E-state index in [-0.39, 0.29) is 12.1 Å². The first-order valence-corrected chi connectivity index (χ1v) is 7.96. The second-order valence-corrected chi connectivity index (χ2v) is 5.65. The Morgan fingerprint density at radius 2 is 2.05 bits per heavy atom. The molecule has 1 heterocycles. The first-order chi connectivity index (χ1) is 9.76. The average molecular weight is 281 g/mol. The normalized spacial score (nSPS) is 19.9. The molecule has 5 heteroatoms. The standard InChI is InChI=1S/C15H27N3O2/c1-3-8-12(19-4-2)14-17-15(20-18-14)13(16)11-9-6-5-7-10-11/h11-13H,3-10,16H2,1-2H3. The molecule has 0 bridgehead atoms. The van der Waals surface area contributed by atoms with Gasteiger partial charge < -0.3 is 15.0 Å². The molecule has 114 valence electrons. The number of hydrogen-bond acceptors (Lipinski definition) is 5. The van der Waals surface area contributed by atoms with E-state index >= 15 is 0 Å². The van der Waals surface area contributed by atoms with Crippen LogP contribution in [0.3, 0.4) is 0 Å². The molecule has 2 unspecified atom stereocenters. The van der Waals surface area contributed by atoms with Crippen molar-refractivity contribution in [1.29, 1.82) is 0 Å². The Hall–Kier alpha value is -0.940. The molecule has 2 rings (SSSR count). The van der Waals surface area contributed by atoms with E-state index in [1.165, 1.54) is 32.1 Å². The molecule has 2 N–H and O–H groups in total. The summed E-state index contributed by atoms with van der Waals surface area (Å²) in [7, 11) is 0. The Kier molecular flexibility index (Phi) is 5.98. The molecule has 5 nitrogen and oxygen atoms in total. The van der Waals surface area contributed by atoms with Crippen LogP contribution < -0.4 is 5.73 Å². The number of aromatic nitrogens is 2. The van der Waals surface area contributed by atoms with Gasteiger partial charge in [0.25, 0.3) is 0 Å². The maximum absolute atomic E-state index is 6.29. The highest BCUT2D eigenvalue weighted by Gasteiger charge is 2.27. The van der Waals surface area contributed by atoms with Gasteiger partial charge in [-0.1, -0.05) is 37.8 Å². The molecule has 0 aromatic carbocycles. The minimum Gasteiger partial charge on any atom is -0.370 e. The van der Waals surface area contributed by atoms with Gasteiger partial charge in [-0.05, 0) is 32.1 Å². The third-order valence-electron chi connectivity index (χ3n) is 4.11. The van der Waals surface area contributed by atoms with E-state index in [9.17, 15) is 0 Å². The van der Waals surface area contributed by atoms with E-state index in [4.69, 9.17) is 15.0 Å². The predicted molar refractivity (Wildman–Crippen MR) is 77.1 cm³/mol. The van der Waals surface area contributed by atoms with Crippen LogP contribution in [0.2, 0.25) is 0 Å². The maximum Gasteiger partial charge on any atom is 0.243 e. The van der Waals surface area contributed by atoms with Crippen molar-refractivity contribution >= 4 is 0 Å². The van der Waals surface area contributed by atoms with Crippen LogP contribution in [0.25, 0.3) is 0 Å².